The smallest absolute Gasteiger partial charge is 0.331 e. The van der Waals surface area contributed by atoms with Crippen LogP contribution in [0.5, 0.6) is 11.5 Å². The number of amides is 1. The first-order valence-electron chi connectivity index (χ1n) is 6.88. The van der Waals surface area contributed by atoms with Crippen molar-refractivity contribution in [2.75, 3.05) is 27.4 Å². The van der Waals surface area contributed by atoms with Gasteiger partial charge in [-0.1, -0.05) is 0 Å². The molecule has 10 heteroatoms. The van der Waals surface area contributed by atoms with Crippen molar-refractivity contribution in [3.63, 3.8) is 0 Å². The Hall–Kier alpha value is -2.88. The Balaban J connectivity index is 3.20. The largest absolute Gasteiger partial charge is 0.493 e. The summed E-state index contributed by atoms with van der Waals surface area (Å²) >= 11 is 0. The van der Waals surface area contributed by atoms with E-state index >= 15 is 0 Å². The van der Waals surface area contributed by atoms with Crippen LogP contribution in [-0.4, -0.2) is 55.4 Å². The molecule has 0 unspecified atom stereocenters. The van der Waals surface area contributed by atoms with Crippen molar-refractivity contribution >= 4 is 17.6 Å². The molecule has 0 heterocycles. The Labute approximate surface area is 137 Å². The molecule has 132 valence electrons. The van der Waals surface area contributed by atoms with E-state index in [-0.39, 0.29) is 23.7 Å². The zero-order chi connectivity index (χ0) is 18.3. The van der Waals surface area contributed by atoms with E-state index in [1.54, 1.807) is 6.92 Å². The van der Waals surface area contributed by atoms with Crippen LogP contribution in [0, 0.1) is 10.1 Å². The fourth-order valence-corrected chi connectivity index (χ4v) is 1.86. The molecule has 10 nitrogen and oxygen atoms in total. The number of hydrogen-bond donors (Lipinski definition) is 2. The maximum atomic E-state index is 12.3. The summed E-state index contributed by atoms with van der Waals surface area (Å²) in [7, 11) is 2.60. The molecule has 0 fully saturated rings. The summed E-state index contributed by atoms with van der Waals surface area (Å²) in [6.45, 7) is 0.903. The van der Waals surface area contributed by atoms with Crippen molar-refractivity contribution in [2.24, 2.45) is 0 Å². The number of nitrogens with one attached hydrogen (secondary N) is 1. The van der Waals surface area contributed by atoms with E-state index in [2.05, 4.69) is 5.32 Å². The first kappa shape index (κ1) is 19.2. The molecular weight excluding hydrogens is 324 g/mol. The highest BCUT2D eigenvalue weighted by Crippen LogP contribution is 2.34. The van der Waals surface area contributed by atoms with E-state index in [0.29, 0.717) is 0 Å². The highest BCUT2D eigenvalue weighted by Gasteiger charge is 2.28. The molecule has 1 amide bonds. The number of nitro groups is 1. The minimum absolute atomic E-state index is 0.0573. The Kier molecular flexibility index (Phi) is 6.93. The van der Waals surface area contributed by atoms with Crippen molar-refractivity contribution in [3.8, 4) is 11.5 Å². The zero-order valence-corrected chi connectivity index (χ0v) is 13.4. The Morgan fingerprint density at radius 3 is 2.33 bits per heavy atom. The number of methoxy groups -OCH3 is 2. The average molecular weight is 342 g/mol. The molecule has 0 aliphatic carbocycles. The number of esters is 1. The van der Waals surface area contributed by atoms with Gasteiger partial charge in [0.2, 0.25) is 0 Å². The van der Waals surface area contributed by atoms with Crippen LogP contribution in [0.25, 0.3) is 0 Å². The van der Waals surface area contributed by atoms with Crippen molar-refractivity contribution in [1.82, 2.24) is 5.32 Å². The van der Waals surface area contributed by atoms with Gasteiger partial charge in [0.25, 0.3) is 11.6 Å². The lowest BCUT2D eigenvalue weighted by Gasteiger charge is -2.15. The van der Waals surface area contributed by atoms with Gasteiger partial charge in [-0.25, -0.2) is 4.79 Å². The number of carbonyl (C=O) groups is 2. The van der Waals surface area contributed by atoms with Crippen LogP contribution in [-0.2, 0) is 9.53 Å². The number of nitro benzene ring substituents is 1. The van der Waals surface area contributed by atoms with E-state index in [0.717, 1.165) is 12.1 Å². The third-order valence-corrected chi connectivity index (χ3v) is 3.00. The van der Waals surface area contributed by atoms with Gasteiger partial charge in [0, 0.05) is 6.07 Å². The van der Waals surface area contributed by atoms with Crippen molar-refractivity contribution in [3.05, 3.63) is 27.8 Å². The third-order valence-electron chi connectivity index (χ3n) is 3.00. The van der Waals surface area contributed by atoms with Crippen LogP contribution >= 0.6 is 0 Å². The van der Waals surface area contributed by atoms with Crippen LogP contribution in [0.15, 0.2) is 12.1 Å². The third kappa shape index (κ3) is 4.32. The van der Waals surface area contributed by atoms with Crippen molar-refractivity contribution in [2.45, 2.75) is 13.0 Å². The number of carbonyl (C=O) groups excluding carboxylic acids is 2. The Morgan fingerprint density at radius 2 is 1.88 bits per heavy atom. The summed E-state index contributed by atoms with van der Waals surface area (Å²) in [6, 6.07) is 0.808. The molecule has 1 rings (SSSR count). The van der Waals surface area contributed by atoms with E-state index in [1.165, 1.54) is 14.2 Å². The molecular formula is C14H18N2O8. The van der Waals surface area contributed by atoms with Crippen molar-refractivity contribution in [1.29, 1.82) is 0 Å². The standard InChI is InChI=1S/C14H18N2O8/c1-4-24-14(19)9(7-17)15-13(18)8-5-11(22-2)12(23-3)6-10(8)16(20)21/h5-6,9,17H,4,7H2,1-3H3,(H,15,18)/t9-/m1/s1. The predicted molar refractivity (Wildman–Crippen MR) is 81.2 cm³/mol. The second-order valence-corrected chi connectivity index (χ2v) is 4.44. The SMILES string of the molecule is CCOC(=O)[C@@H](CO)NC(=O)c1cc(OC)c(OC)cc1[N+](=O)[O-]. The molecule has 1 aromatic carbocycles. The zero-order valence-electron chi connectivity index (χ0n) is 13.4. The topological polar surface area (TPSA) is 137 Å². The van der Waals surface area contributed by atoms with Gasteiger partial charge in [0.1, 0.15) is 5.56 Å². The summed E-state index contributed by atoms with van der Waals surface area (Å²) in [5.74, 6) is -1.61. The number of aliphatic hydroxyl groups is 1. The van der Waals surface area contributed by atoms with Crippen LogP contribution in [0.4, 0.5) is 5.69 Å². The van der Waals surface area contributed by atoms with Gasteiger partial charge in [-0.15, -0.1) is 0 Å². The van der Waals surface area contributed by atoms with E-state index in [1.807, 2.05) is 0 Å². The van der Waals surface area contributed by atoms with Crippen LogP contribution in [0.3, 0.4) is 0 Å². The van der Waals surface area contributed by atoms with Gasteiger partial charge >= 0.3 is 5.97 Å². The monoisotopic (exact) mass is 342 g/mol. The van der Waals surface area contributed by atoms with E-state index in [4.69, 9.17) is 14.2 Å². The quantitative estimate of drug-likeness (QED) is 0.390. The molecule has 24 heavy (non-hydrogen) atoms. The van der Waals surface area contributed by atoms with E-state index < -0.39 is 35.1 Å². The highest BCUT2D eigenvalue weighted by atomic mass is 16.6. The fourth-order valence-electron chi connectivity index (χ4n) is 1.86. The van der Waals surface area contributed by atoms with E-state index in [9.17, 15) is 24.8 Å². The normalized spacial score (nSPS) is 11.3. The number of benzene rings is 1. The van der Waals surface area contributed by atoms with Gasteiger partial charge in [-0.2, -0.15) is 0 Å². The number of nitrogens with zero attached hydrogens (tertiary/aromatic N) is 1. The van der Waals surface area contributed by atoms with Crippen LogP contribution in [0.1, 0.15) is 17.3 Å². The summed E-state index contributed by atoms with van der Waals surface area (Å²) in [5, 5.41) is 22.5. The molecule has 0 aliphatic rings. The predicted octanol–water partition coefficient (Wildman–Crippen LogP) is 0.266. The molecule has 0 bridgehead atoms. The lowest BCUT2D eigenvalue weighted by molar-refractivity contribution is -0.385. The lowest BCUT2D eigenvalue weighted by Crippen LogP contribution is -2.44. The molecule has 0 saturated heterocycles. The summed E-state index contributed by atoms with van der Waals surface area (Å²) in [6.07, 6.45) is 0. The molecule has 0 aromatic heterocycles. The fraction of sp³-hybridized carbons (Fsp3) is 0.429. The van der Waals surface area contributed by atoms with Gasteiger partial charge in [-0.3, -0.25) is 14.9 Å². The second kappa shape index (κ2) is 8.67. The summed E-state index contributed by atoms with van der Waals surface area (Å²) in [5.41, 5.74) is -0.883. The second-order valence-electron chi connectivity index (χ2n) is 4.44. The molecule has 2 N–H and O–H groups in total. The summed E-state index contributed by atoms with van der Waals surface area (Å²) < 4.78 is 14.7. The van der Waals surface area contributed by atoms with Crippen LogP contribution in [0.2, 0.25) is 0 Å². The number of aliphatic hydroxyl groups excluding tert-OH is 1. The maximum absolute atomic E-state index is 12.3. The number of ether oxygens (including phenoxy) is 3. The van der Waals surface area contributed by atoms with Gasteiger partial charge in [0.05, 0.1) is 38.4 Å². The molecule has 0 saturated carbocycles. The molecule has 0 radical (unpaired) electrons. The number of rotatable bonds is 8. The van der Waals surface area contributed by atoms with Crippen molar-refractivity contribution < 1.29 is 33.8 Å². The Bertz CT molecular complexity index is 631. The summed E-state index contributed by atoms with van der Waals surface area (Å²) in [4.78, 5) is 34.3. The Morgan fingerprint density at radius 1 is 1.29 bits per heavy atom. The average Bonchev–Trinajstić information content (AvgIpc) is 2.57. The highest BCUT2D eigenvalue weighted by molar-refractivity contribution is 6.01. The minimum atomic E-state index is -1.34. The molecule has 1 atom stereocenters. The minimum Gasteiger partial charge on any atom is -0.493 e. The van der Waals surface area contributed by atoms with Gasteiger partial charge in [-0.05, 0) is 6.92 Å². The number of hydrogen-bond acceptors (Lipinski definition) is 8. The molecule has 0 spiro atoms. The maximum Gasteiger partial charge on any atom is 0.331 e. The van der Waals surface area contributed by atoms with Gasteiger partial charge < -0.3 is 24.6 Å². The molecule has 0 aliphatic heterocycles. The first-order valence-corrected chi connectivity index (χ1v) is 6.88. The molecule has 1 aromatic rings. The van der Waals surface area contributed by atoms with Crippen LogP contribution < -0.4 is 14.8 Å². The van der Waals surface area contributed by atoms with Gasteiger partial charge in [0.15, 0.2) is 17.5 Å². The first-order chi connectivity index (χ1) is 11.4. The lowest BCUT2D eigenvalue weighted by atomic mass is 10.1.